The highest BCUT2D eigenvalue weighted by atomic mass is 16.3. The van der Waals surface area contributed by atoms with Crippen LogP contribution in [0.15, 0.2) is 30.3 Å². The molecule has 1 aliphatic rings. The normalized spacial score (nSPS) is 17.8. The molecule has 2 rings (SSSR count). The van der Waals surface area contributed by atoms with E-state index < -0.39 is 6.10 Å². The molecular weight excluding hydrogens is 220 g/mol. The van der Waals surface area contributed by atoms with Gasteiger partial charge in [-0.1, -0.05) is 55.5 Å². The second kappa shape index (κ2) is 7.24. The van der Waals surface area contributed by atoms with Crippen molar-refractivity contribution in [2.75, 3.05) is 0 Å². The predicted molar refractivity (Wildman–Crippen MR) is 75.1 cm³/mol. The topological polar surface area (TPSA) is 20.2 Å². The Morgan fingerprint density at radius 3 is 2.56 bits per heavy atom. The molecule has 0 spiro atoms. The van der Waals surface area contributed by atoms with Crippen LogP contribution in [0.5, 0.6) is 0 Å². The smallest absolute Gasteiger partial charge is 0.117 e. The summed E-state index contributed by atoms with van der Waals surface area (Å²) in [5, 5.41) is 10.00. The first-order chi connectivity index (χ1) is 8.86. The summed E-state index contributed by atoms with van der Waals surface area (Å²) >= 11 is 0. The molecule has 1 aromatic carbocycles. The number of rotatable bonds is 3. The molecule has 96 valence electrons. The van der Waals surface area contributed by atoms with Crippen LogP contribution in [0, 0.1) is 17.8 Å². The Bertz CT molecular complexity index is 393. The molecule has 1 heteroatoms. The zero-order valence-electron chi connectivity index (χ0n) is 10.9. The zero-order chi connectivity index (χ0) is 12.6. The van der Waals surface area contributed by atoms with Gasteiger partial charge in [0, 0.05) is 6.42 Å². The maximum Gasteiger partial charge on any atom is 0.117 e. The van der Waals surface area contributed by atoms with E-state index in [0.29, 0.717) is 5.92 Å². The second-order valence-electron chi connectivity index (χ2n) is 5.15. The van der Waals surface area contributed by atoms with E-state index in [9.17, 15) is 5.11 Å². The number of hydrogen-bond donors (Lipinski definition) is 1. The molecule has 1 saturated carbocycles. The molecule has 0 saturated heterocycles. The number of aliphatic hydroxyl groups is 1. The van der Waals surface area contributed by atoms with Crippen LogP contribution < -0.4 is 0 Å². The fourth-order valence-electron chi connectivity index (χ4n) is 2.60. The van der Waals surface area contributed by atoms with E-state index in [4.69, 9.17) is 0 Å². The van der Waals surface area contributed by atoms with Crippen molar-refractivity contribution in [2.24, 2.45) is 5.92 Å². The highest BCUT2D eigenvalue weighted by Gasteiger charge is 2.19. The summed E-state index contributed by atoms with van der Waals surface area (Å²) in [5.41, 5.74) is 1.32. The van der Waals surface area contributed by atoms with Gasteiger partial charge < -0.3 is 5.11 Å². The maximum absolute atomic E-state index is 10.00. The first-order valence-corrected chi connectivity index (χ1v) is 7.06. The van der Waals surface area contributed by atoms with E-state index in [0.717, 1.165) is 25.7 Å². The van der Waals surface area contributed by atoms with Crippen LogP contribution in [-0.2, 0) is 6.42 Å². The third-order valence-electron chi connectivity index (χ3n) is 3.73. The lowest BCUT2D eigenvalue weighted by molar-refractivity contribution is 0.133. The Morgan fingerprint density at radius 1 is 1.11 bits per heavy atom. The van der Waals surface area contributed by atoms with E-state index in [2.05, 4.69) is 36.1 Å². The Hall–Kier alpha value is -1.26. The molecule has 1 fully saturated rings. The largest absolute Gasteiger partial charge is 0.380 e. The van der Waals surface area contributed by atoms with Crippen LogP contribution in [0.4, 0.5) is 0 Å². The number of aryl methyl sites for hydroxylation is 1. The summed E-state index contributed by atoms with van der Waals surface area (Å²) in [6, 6.07) is 10.4. The van der Waals surface area contributed by atoms with Crippen LogP contribution in [-0.4, -0.2) is 11.2 Å². The lowest BCUT2D eigenvalue weighted by Gasteiger charge is -2.23. The lowest BCUT2D eigenvalue weighted by Crippen LogP contribution is -2.21. The molecule has 18 heavy (non-hydrogen) atoms. The summed E-state index contributed by atoms with van der Waals surface area (Å²) in [6.45, 7) is 0. The summed E-state index contributed by atoms with van der Waals surface area (Å²) in [6.07, 6.45) is 7.55. The van der Waals surface area contributed by atoms with E-state index in [1.807, 2.05) is 6.07 Å². The molecule has 1 unspecified atom stereocenters. The van der Waals surface area contributed by atoms with Gasteiger partial charge in [-0.05, 0) is 30.7 Å². The third kappa shape index (κ3) is 4.20. The average Bonchev–Trinajstić information content (AvgIpc) is 2.45. The van der Waals surface area contributed by atoms with Crippen molar-refractivity contribution in [1.29, 1.82) is 0 Å². The van der Waals surface area contributed by atoms with Crippen molar-refractivity contribution < 1.29 is 5.11 Å². The number of aliphatic hydroxyl groups excluding tert-OH is 1. The third-order valence-corrected chi connectivity index (χ3v) is 3.73. The molecule has 0 aliphatic heterocycles. The second-order valence-corrected chi connectivity index (χ2v) is 5.15. The van der Waals surface area contributed by atoms with Crippen molar-refractivity contribution >= 4 is 0 Å². The standard InChI is InChI=1S/C17H22O/c18-17(16-12-5-2-6-13-16)14-8-7-11-15-9-3-1-4-10-15/h1,3-4,9-10,16-18H,2,5-7,11-13H2. The molecule has 1 nitrogen and oxygen atoms in total. The van der Waals surface area contributed by atoms with E-state index in [1.54, 1.807) is 0 Å². The Kier molecular flexibility index (Phi) is 5.30. The Morgan fingerprint density at radius 2 is 1.83 bits per heavy atom. The van der Waals surface area contributed by atoms with Crippen LogP contribution in [0.3, 0.4) is 0 Å². The first-order valence-electron chi connectivity index (χ1n) is 7.06. The lowest BCUT2D eigenvalue weighted by atomic mass is 9.85. The van der Waals surface area contributed by atoms with Crippen LogP contribution in [0.2, 0.25) is 0 Å². The molecule has 1 aromatic rings. The minimum Gasteiger partial charge on any atom is -0.380 e. The van der Waals surface area contributed by atoms with E-state index in [1.165, 1.54) is 24.8 Å². The van der Waals surface area contributed by atoms with Crippen molar-refractivity contribution in [2.45, 2.75) is 51.0 Å². The highest BCUT2D eigenvalue weighted by Crippen LogP contribution is 2.26. The first kappa shape index (κ1) is 13.2. The Labute approximate surface area is 110 Å². The summed E-state index contributed by atoms with van der Waals surface area (Å²) < 4.78 is 0. The van der Waals surface area contributed by atoms with E-state index >= 15 is 0 Å². The van der Waals surface area contributed by atoms with Gasteiger partial charge in [0.1, 0.15) is 6.10 Å². The molecular formula is C17H22O. The van der Waals surface area contributed by atoms with Crippen LogP contribution in [0.25, 0.3) is 0 Å². The maximum atomic E-state index is 10.00. The minimum atomic E-state index is -0.402. The predicted octanol–water partition coefficient (Wildman–Crippen LogP) is 3.56. The van der Waals surface area contributed by atoms with Gasteiger partial charge in [-0.3, -0.25) is 0 Å². The van der Waals surface area contributed by atoms with Gasteiger partial charge in [0.05, 0.1) is 0 Å². The highest BCUT2D eigenvalue weighted by molar-refractivity contribution is 5.17. The van der Waals surface area contributed by atoms with Gasteiger partial charge >= 0.3 is 0 Å². The van der Waals surface area contributed by atoms with Gasteiger partial charge in [-0.15, -0.1) is 5.92 Å². The van der Waals surface area contributed by atoms with Gasteiger partial charge in [0.2, 0.25) is 0 Å². The average molecular weight is 242 g/mol. The number of hydrogen-bond acceptors (Lipinski definition) is 1. The van der Waals surface area contributed by atoms with Crippen LogP contribution in [0.1, 0.15) is 44.1 Å². The summed E-state index contributed by atoms with van der Waals surface area (Å²) in [7, 11) is 0. The van der Waals surface area contributed by atoms with Crippen molar-refractivity contribution in [3.05, 3.63) is 35.9 Å². The number of benzene rings is 1. The minimum absolute atomic E-state index is 0.402. The fourth-order valence-corrected chi connectivity index (χ4v) is 2.60. The molecule has 0 heterocycles. The fraction of sp³-hybridized carbons (Fsp3) is 0.529. The van der Waals surface area contributed by atoms with Gasteiger partial charge in [0.25, 0.3) is 0 Å². The van der Waals surface area contributed by atoms with Gasteiger partial charge in [-0.2, -0.15) is 0 Å². The molecule has 1 N–H and O–H groups in total. The zero-order valence-corrected chi connectivity index (χ0v) is 10.9. The van der Waals surface area contributed by atoms with E-state index in [-0.39, 0.29) is 0 Å². The van der Waals surface area contributed by atoms with Crippen molar-refractivity contribution in [1.82, 2.24) is 0 Å². The van der Waals surface area contributed by atoms with Crippen molar-refractivity contribution in [3.63, 3.8) is 0 Å². The van der Waals surface area contributed by atoms with Crippen molar-refractivity contribution in [3.8, 4) is 11.8 Å². The Balaban J connectivity index is 1.74. The summed E-state index contributed by atoms with van der Waals surface area (Å²) in [5.74, 6) is 6.58. The monoisotopic (exact) mass is 242 g/mol. The molecule has 0 bridgehead atoms. The SMILES string of the molecule is OC(C#CCCc1ccccc1)C1CCCCC1. The molecule has 0 radical (unpaired) electrons. The van der Waals surface area contributed by atoms with Gasteiger partial charge in [-0.25, -0.2) is 0 Å². The van der Waals surface area contributed by atoms with Crippen LogP contribution >= 0.6 is 0 Å². The molecule has 0 amide bonds. The quantitative estimate of drug-likeness (QED) is 0.803. The molecule has 1 aliphatic carbocycles. The molecule has 1 atom stereocenters. The molecule has 0 aromatic heterocycles. The summed E-state index contributed by atoms with van der Waals surface area (Å²) in [4.78, 5) is 0. The van der Waals surface area contributed by atoms with Gasteiger partial charge in [0.15, 0.2) is 0 Å².